The Labute approximate surface area is 221 Å². The highest BCUT2D eigenvalue weighted by Gasteiger charge is 2.21. The summed E-state index contributed by atoms with van der Waals surface area (Å²) in [6.45, 7) is 8.36. The molecule has 0 N–H and O–H groups in total. The smallest absolute Gasteiger partial charge is 0.338 e. The molecule has 5 rings (SSSR count). The van der Waals surface area contributed by atoms with Crippen molar-refractivity contribution in [1.29, 1.82) is 0 Å². The van der Waals surface area contributed by atoms with Gasteiger partial charge in [0.05, 0.1) is 49.2 Å². The number of hydrogen-bond acceptors (Lipinski definition) is 8. The lowest BCUT2D eigenvalue weighted by molar-refractivity contribution is 0.00695. The van der Waals surface area contributed by atoms with Crippen LogP contribution in [0.3, 0.4) is 0 Å². The number of anilines is 1. The van der Waals surface area contributed by atoms with Crippen molar-refractivity contribution in [2.75, 3.05) is 38.3 Å². The molecule has 4 aromatic rings. The molecule has 0 saturated carbocycles. The van der Waals surface area contributed by atoms with Crippen molar-refractivity contribution in [3.05, 3.63) is 71.8 Å². The molecule has 4 heterocycles. The van der Waals surface area contributed by atoms with E-state index in [0.29, 0.717) is 24.7 Å². The number of methoxy groups -OCH3 is 1. The molecular formula is C29H31N5O4. The van der Waals surface area contributed by atoms with Crippen molar-refractivity contribution in [3.63, 3.8) is 0 Å². The summed E-state index contributed by atoms with van der Waals surface area (Å²) >= 11 is 0. The van der Waals surface area contributed by atoms with Gasteiger partial charge < -0.3 is 19.1 Å². The summed E-state index contributed by atoms with van der Waals surface area (Å²) < 4.78 is 18.3. The number of benzene rings is 1. The van der Waals surface area contributed by atoms with Gasteiger partial charge >= 0.3 is 5.97 Å². The summed E-state index contributed by atoms with van der Waals surface area (Å²) in [5, 5.41) is 0. The van der Waals surface area contributed by atoms with Gasteiger partial charge in [0, 0.05) is 30.9 Å². The Hall–Kier alpha value is -4.24. The monoisotopic (exact) mass is 513 g/mol. The van der Waals surface area contributed by atoms with Gasteiger partial charge in [-0.05, 0) is 51.1 Å². The lowest BCUT2D eigenvalue weighted by Gasteiger charge is -2.28. The number of ether oxygens (including phenoxy) is 3. The highest BCUT2D eigenvalue weighted by molar-refractivity contribution is 5.90. The second-order valence-corrected chi connectivity index (χ2v) is 9.94. The molecule has 0 unspecified atom stereocenters. The van der Waals surface area contributed by atoms with Gasteiger partial charge in [-0.1, -0.05) is 18.2 Å². The van der Waals surface area contributed by atoms with E-state index in [1.807, 2.05) is 80.0 Å². The number of rotatable bonds is 6. The first-order valence-corrected chi connectivity index (χ1v) is 12.5. The number of carbonyl (C=O) groups is 1. The van der Waals surface area contributed by atoms with E-state index in [9.17, 15) is 4.79 Å². The summed E-state index contributed by atoms with van der Waals surface area (Å²) in [5.74, 6) is 1.01. The Bertz CT molecular complexity index is 1460. The lowest BCUT2D eigenvalue weighted by atomic mass is 10.1. The zero-order chi connectivity index (χ0) is 26.7. The fourth-order valence-electron chi connectivity index (χ4n) is 4.20. The minimum absolute atomic E-state index is 0.351. The Kier molecular flexibility index (Phi) is 7.11. The molecule has 1 aliphatic rings. The molecule has 38 heavy (non-hydrogen) atoms. The highest BCUT2D eigenvalue weighted by atomic mass is 16.6. The molecule has 196 valence electrons. The van der Waals surface area contributed by atoms with E-state index in [1.54, 1.807) is 19.2 Å². The molecule has 1 aromatic carbocycles. The largest absolute Gasteiger partial charge is 0.481 e. The molecule has 0 bridgehead atoms. The van der Waals surface area contributed by atoms with Crippen LogP contribution in [0.15, 0.2) is 54.9 Å². The Morgan fingerprint density at radius 2 is 1.74 bits per heavy atom. The van der Waals surface area contributed by atoms with Crippen molar-refractivity contribution in [2.45, 2.75) is 26.4 Å². The van der Waals surface area contributed by atoms with Crippen LogP contribution >= 0.6 is 0 Å². The van der Waals surface area contributed by atoms with E-state index in [2.05, 4.69) is 9.88 Å². The minimum atomic E-state index is -0.553. The zero-order valence-corrected chi connectivity index (χ0v) is 22.0. The summed E-state index contributed by atoms with van der Waals surface area (Å²) in [4.78, 5) is 28.8. The Morgan fingerprint density at radius 3 is 2.45 bits per heavy atom. The molecule has 0 atom stereocenters. The Morgan fingerprint density at radius 1 is 1.00 bits per heavy atom. The quantitative estimate of drug-likeness (QED) is 0.341. The van der Waals surface area contributed by atoms with Crippen LogP contribution in [0.2, 0.25) is 0 Å². The van der Waals surface area contributed by atoms with Crippen LogP contribution in [0.5, 0.6) is 5.88 Å². The van der Waals surface area contributed by atoms with E-state index in [-0.39, 0.29) is 5.97 Å². The number of esters is 1. The number of imidazole rings is 1. The number of morpholine rings is 1. The Balaban J connectivity index is 1.52. The number of pyridine rings is 1. The van der Waals surface area contributed by atoms with Crippen LogP contribution in [-0.2, 0) is 9.47 Å². The molecule has 1 fully saturated rings. The number of carbonyl (C=O) groups excluding carboxylic acids is 1. The van der Waals surface area contributed by atoms with Crippen molar-refractivity contribution >= 4 is 29.6 Å². The molecule has 0 radical (unpaired) electrons. The average molecular weight is 514 g/mol. The van der Waals surface area contributed by atoms with Crippen LogP contribution in [0.4, 0.5) is 5.82 Å². The van der Waals surface area contributed by atoms with Gasteiger partial charge in [-0.2, -0.15) is 0 Å². The van der Waals surface area contributed by atoms with Crippen molar-refractivity contribution in [3.8, 4) is 17.1 Å². The van der Waals surface area contributed by atoms with Crippen LogP contribution in [0, 0.1) is 0 Å². The van der Waals surface area contributed by atoms with Crippen LogP contribution < -0.4 is 9.64 Å². The number of fused-ring (bicyclic) bond motifs is 1. The second kappa shape index (κ2) is 10.6. The molecule has 0 aliphatic carbocycles. The van der Waals surface area contributed by atoms with Crippen LogP contribution in [0.25, 0.3) is 29.1 Å². The van der Waals surface area contributed by atoms with E-state index in [4.69, 9.17) is 24.2 Å². The van der Waals surface area contributed by atoms with E-state index >= 15 is 0 Å². The summed E-state index contributed by atoms with van der Waals surface area (Å²) in [6.07, 6.45) is 7.66. The van der Waals surface area contributed by atoms with E-state index in [0.717, 1.165) is 47.2 Å². The summed E-state index contributed by atoms with van der Waals surface area (Å²) in [6, 6.07) is 13.0. The summed E-state index contributed by atoms with van der Waals surface area (Å²) in [5.41, 5.74) is 4.00. The number of hydrogen-bond donors (Lipinski definition) is 0. The van der Waals surface area contributed by atoms with Gasteiger partial charge in [0.2, 0.25) is 5.88 Å². The first kappa shape index (κ1) is 25.4. The predicted octanol–water partition coefficient (Wildman–Crippen LogP) is 4.76. The molecular weight excluding hydrogens is 482 g/mol. The van der Waals surface area contributed by atoms with Gasteiger partial charge in [-0.3, -0.25) is 4.40 Å². The fourth-order valence-corrected chi connectivity index (χ4v) is 4.20. The fraction of sp³-hybridized carbons (Fsp3) is 0.310. The normalized spacial score (nSPS) is 14.3. The molecule has 9 heteroatoms. The molecule has 3 aromatic heterocycles. The van der Waals surface area contributed by atoms with Crippen molar-refractivity contribution in [2.24, 2.45) is 0 Å². The predicted molar refractivity (Wildman–Crippen MR) is 146 cm³/mol. The van der Waals surface area contributed by atoms with E-state index < -0.39 is 5.60 Å². The number of aromatic nitrogens is 4. The summed E-state index contributed by atoms with van der Waals surface area (Å²) in [7, 11) is 1.60. The van der Waals surface area contributed by atoms with Gasteiger partial charge in [-0.25, -0.2) is 19.7 Å². The highest BCUT2D eigenvalue weighted by Crippen LogP contribution is 2.28. The first-order chi connectivity index (χ1) is 18.3. The molecule has 1 saturated heterocycles. The third kappa shape index (κ3) is 5.68. The lowest BCUT2D eigenvalue weighted by Crippen LogP contribution is -2.37. The minimum Gasteiger partial charge on any atom is -0.481 e. The third-order valence-electron chi connectivity index (χ3n) is 6.00. The number of nitrogens with zero attached hydrogens (tertiary/aromatic N) is 5. The maximum absolute atomic E-state index is 12.5. The third-order valence-corrected chi connectivity index (χ3v) is 6.00. The first-order valence-electron chi connectivity index (χ1n) is 12.5. The second-order valence-electron chi connectivity index (χ2n) is 9.94. The zero-order valence-electron chi connectivity index (χ0n) is 22.0. The molecule has 9 nitrogen and oxygen atoms in total. The average Bonchev–Trinajstić information content (AvgIpc) is 3.35. The standard InChI is InChI=1S/C29H31N5O4/c1-29(2,3)38-28(35)21-10-8-20(9-11-21)24-18-30-26(33-14-16-37-17-15-33)27-32-23(19-34(24)27)13-12-22-6-5-7-25(31-22)36-4/h5-13,18-19H,14-17H2,1-4H3/b13-12+. The van der Waals surface area contributed by atoms with E-state index in [1.165, 1.54) is 0 Å². The van der Waals surface area contributed by atoms with Crippen LogP contribution in [-0.4, -0.2) is 64.3 Å². The topological polar surface area (TPSA) is 91.1 Å². The molecule has 1 aliphatic heterocycles. The molecule has 0 amide bonds. The van der Waals surface area contributed by atoms with Gasteiger partial charge in [0.15, 0.2) is 11.5 Å². The van der Waals surface area contributed by atoms with Gasteiger partial charge in [-0.15, -0.1) is 0 Å². The van der Waals surface area contributed by atoms with Crippen molar-refractivity contribution in [1.82, 2.24) is 19.4 Å². The van der Waals surface area contributed by atoms with Crippen molar-refractivity contribution < 1.29 is 19.0 Å². The maximum Gasteiger partial charge on any atom is 0.338 e. The SMILES string of the molecule is COc1cccc(/C=C/c2cn3c(-c4ccc(C(=O)OC(C)(C)C)cc4)cnc(N4CCOCC4)c3n2)n1. The van der Waals surface area contributed by atoms with Gasteiger partial charge in [0.25, 0.3) is 0 Å². The van der Waals surface area contributed by atoms with Crippen LogP contribution in [0.1, 0.15) is 42.5 Å². The maximum atomic E-state index is 12.5. The molecule has 0 spiro atoms. The van der Waals surface area contributed by atoms with Gasteiger partial charge in [0.1, 0.15) is 5.60 Å².